The van der Waals surface area contributed by atoms with Crippen molar-refractivity contribution < 1.29 is 19.0 Å². The van der Waals surface area contributed by atoms with E-state index in [2.05, 4.69) is 15.4 Å². The molecule has 2 aromatic carbocycles. The van der Waals surface area contributed by atoms with E-state index < -0.39 is 5.91 Å². The van der Waals surface area contributed by atoms with Crippen molar-refractivity contribution in [2.24, 2.45) is 0 Å². The molecule has 0 aliphatic rings. The molecule has 0 atom stereocenters. The summed E-state index contributed by atoms with van der Waals surface area (Å²) >= 11 is 1.53. The maximum atomic E-state index is 13.0. The number of para-hydroxylation sites is 1. The van der Waals surface area contributed by atoms with Crippen molar-refractivity contribution in [2.45, 2.75) is 0 Å². The minimum atomic E-state index is -0.457. The Morgan fingerprint density at radius 1 is 0.968 bits per heavy atom. The molecular weight excluding hydrogens is 416 g/mol. The quantitative estimate of drug-likeness (QED) is 0.465. The summed E-state index contributed by atoms with van der Waals surface area (Å²) in [7, 11) is 4.55. The number of methoxy groups -OCH3 is 3. The molecule has 2 heterocycles. The molecular formula is C22H20N4O4S. The monoisotopic (exact) mass is 436 g/mol. The minimum absolute atomic E-state index is 0.0426. The second-order valence-corrected chi connectivity index (χ2v) is 7.30. The Bertz CT molecular complexity index is 1160. The SMILES string of the molecule is COc1cc(NC(=O)c2nc(-c3cccs3)n(-c3ccccc3)n2)cc(OC)c1OC. The van der Waals surface area contributed by atoms with Crippen molar-refractivity contribution in [3.05, 3.63) is 65.8 Å². The summed E-state index contributed by atoms with van der Waals surface area (Å²) in [6.07, 6.45) is 0. The molecule has 0 saturated heterocycles. The smallest absolute Gasteiger partial charge is 0.295 e. The summed E-state index contributed by atoms with van der Waals surface area (Å²) in [5.74, 6) is 1.48. The van der Waals surface area contributed by atoms with Crippen molar-refractivity contribution in [2.75, 3.05) is 26.6 Å². The first-order chi connectivity index (χ1) is 15.1. The number of hydrogen-bond donors (Lipinski definition) is 1. The van der Waals surface area contributed by atoms with E-state index in [1.54, 1.807) is 16.8 Å². The zero-order valence-electron chi connectivity index (χ0n) is 17.2. The molecule has 0 aliphatic carbocycles. The molecule has 0 radical (unpaired) electrons. The highest BCUT2D eigenvalue weighted by atomic mass is 32.1. The van der Waals surface area contributed by atoms with E-state index in [9.17, 15) is 4.79 Å². The van der Waals surface area contributed by atoms with Crippen molar-refractivity contribution in [3.63, 3.8) is 0 Å². The van der Waals surface area contributed by atoms with Gasteiger partial charge in [-0.05, 0) is 23.6 Å². The maximum Gasteiger partial charge on any atom is 0.295 e. The van der Waals surface area contributed by atoms with Gasteiger partial charge in [0, 0.05) is 17.8 Å². The van der Waals surface area contributed by atoms with Crippen molar-refractivity contribution in [3.8, 4) is 33.6 Å². The van der Waals surface area contributed by atoms with E-state index in [4.69, 9.17) is 14.2 Å². The van der Waals surface area contributed by atoms with Gasteiger partial charge in [-0.3, -0.25) is 4.79 Å². The second-order valence-electron chi connectivity index (χ2n) is 6.35. The summed E-state index contributed by atoms with van der Waals surface area (Å²) in [5, 5.41) is 9.22. The van der Waals surface area contributed by atoms with Gasteiger partial charge < -0.3 is 19.5 Å². The van der Waals surface area contributed by atoms with Crippen LogP contribution in [0.4, 0.5) is 5.69 Å². The van der Waals surface area contributed by atoms with Gasteiger partial charge in [0.05, 0.1) is 31.9 Å². The number of benzene rings is 2. The Kier molecular flexibility index (Phi) is 5.85. The first-order valence-electron chi connectivity index (χ1n) is 9.32. The van der Waals surface area contributed by atoms with E-state index in [-0.39, 0.29) is 5.82 Å². The fourth-order valence-electron chi connectivity index (χ4n) is 3.06. The van der Waals surface area contributed by atoms with Gasteiger partial charge in [-0.1, -0.05) is 24.3 Å². The number of nitrogens with one attached hydrogen (secondary N) is 1. The summed E-state index contributed by atoms with van der Waals surface area (Å²) in [4.78, 5) is 18.4. The Morgan fingerprint density at radius 3 is 2.26 bits per heavy atom. The zero-order valence-corrected chi connectivity index (χ0v) is 18.0. The lowest BCUT2D eigenvalue weighted by Gasteiger charge is -2.14. The molecule has 8 nitrogen and oxygen atoms in total. The molecule has 4 rings (SSSR count). The Morgan fingerprint density at radius 2 is 1.68 bits per heavy atom. The van der Waals surface area contributed by atoms with Crippen LogP contribution >= 0.6 is 11.3 Å². The van der Waals surface area contributed by atoms with Gasteiger partial charge >= 0.3 is 0 Å². The fraction of sp³-hybridized carbons (Fsp3) is 0.136. The van der Waals surface area contributed by atoms with E-state index in [0.717, 1.165) is 10.6 Å². The summed E-state index contributed by atoms with van der Waals surface area (Å²) < 4.78 is 17.7. The van der Waals surface area contributed by atoms with Gasteiger partial charge in [-0.25, -0.2) is 9.67 Å². The number of anilines is 1. The third kappa shape index (κ3) is 4.08. The number of carbonyl (C=O) groups excluding carboxylic acids is 1. The number of aromatic nitrogens is 3. The maximum absolute atomic E-state index is 13.0. The Balaban J connectivity index is 1.70. The van der Waals surface area contributed by atoms with E-state index >= 15 is 0 Å². The van der Waals surface area contributed by atoms with E-state index in [1.165, 1.54) is 32.7 Å². The van der Waals surface area contributed by atoms with Crippen molar-refractivity contribution in [1.29, 1.82) is 0 Å². The molecule has 0 spiro atoms. The number of rotatable bonds is 7. The largest absolute Gasteiger partial charge is 0.493 e. The van der Waals surface area contributed by atoms with Gasteiger partial charge in [-0.15, -0.1) is 16.4 Å². The predicted octanol–water partition coefficient (Wildman–Crippen LogP) is 4.27. The molecule has 2 aromatic heterocycles. The molecule has 1 amide bonds. The number of carbonyl (C=O) groups is 1. The van der Waals surface area contributed by atoms with Crippen LogP contribution in [0.25, 0.3) is 16.4 Å². The number of ether oxygens (including phenoxy) is 3. The van der Waals surface area contributed by atoms with Crippen LogP contribution in [0, 0.1) is 0 Å². The molecule has 0 saturated carbocycles. The molecule has 0 unspecified atom stereocenters. The van der Waals surface area contributed by atoms with Gasteiger partial charge in [-0.2, -0.15) is 0 Å². The van der Waals surface area contributed by atoms with Crippen LogP contribution in [-0.2, 0) is 0 Å². The summed E-state index contributed by atoms with van der Waals surface area (Å²) in [6.45, 7) is 0. The van der Waals surface area contributed by atoms with Crippen LogP contribution in [0.15, 0.2) is 60.0 Å². The van der Waals surface area contributed by atoms with Gasteiger partial charge in [0.2, 0.25) is 11.6 Å². The number of thiophene rings is 1. The zero-order chi connectivity index (χ0) is 21.8. The third-order valence-electron chi connectivity index (χ3n) is 4.48. The normalized spacial score (nSPS) is 10.5. The van der Waals surface area contributed by atoms with Crippen LogP contribution in [0.3, 0.4) is 0 Å². The van der Waals surface area contributed by atoms with Crippen molar-refractivity contribution in [1.82, 2.24) is 14.8 Å². The first-order valence-corrected chi connectivity index (χ1v) is 10.2. The molecule has 0 bridgehead atoms. The standard InChI is InChI=1S/C22H20N4O4S/c1-28-16-12-14(13-17(29-2)19(16)30-3)23-22(27)20-24-21(18-10-7-11-31-18)26(25-20)15-8-5-4-6-9-15/h4-13H,1-3H3,(H,23,27). The van der Waals surface area contributed by atoms with Crippen molar-refractivity contribution >= 4 is 22.9 Å². The van der Waals surface area contributed by atoms with Crippen LogP contribution < -0.4 is 19.5 Å². The van der Waals surface area contributed by atoms with E-state index in [0.29, 0.717) is 28.8 Å². The van der Waals surface area contributed by atoms with E-state index in [1.807, 2.05) is 47.8 Å². The molecule has 4 aromatic rings. The van der Waals surface area contributed by atoms with Crippen LogP contribution in [0.5, 0.6) is 17.2 Å². The number of nitrogens with zero attached hydrogens (tertiary/aromatic N) is 3. The van der Waals surface area contributed by atoms with Crippen LogP contribution in [0.1, 0.15) is 10.6 Å². The summed E-state index contributed by atoms with van der Waals surface area (Å²) in [5.41, 5.74) is 1.28. The second kappa shape index (κ2) is 8.88. The minimum Gasteiger partial charge on any atom is -0.493 e. The Labute approximate surface area is 183 Å². The molecule has 1 N–H and O–H groups in total. The van der Waals surface area contributed by atoms with Crippen LogP contribution in [0.2, 0.25) is 0 Å². The number of amides is 1. The molecule has 0 fully saturated rings. The highest BCUT2D eigenvalue weighted by Gasteiger charge is 2.21. The lowest BCUT2D eigenvalue weighted by Crippen LogP contribution is -2.14. The fourth-order valence-corrected chi connectivity index (χ4v) is 3.76. The third-order valence-corrected chi connectivity index (χ3v) is 5.34. The average Bonchev–Trinajstić information content (AvgIpc) is 3.49. The topological polar surface area (TPSA) is 87.5 Å². The lowest BCUT2D eigenvalue weighted by atomic mass is 10.2. The average molecular weight is 436 g/mol. The predicted molar refractivity (Wildman–Crippen MR) is 119 cm³/mol. The highest BCUT2D eigenvalue weighted by molar-refractivity contribution is 7.13. The molecule has 9 heteroatoms. The van der Waals surface area contributed by atoms with Crippen LogP contribution in [-0.4, -0.2) is 42.0 Å². The molecule has 31 heavy (non-hydrogen) atoms. The van der Waals surface area contributed by atoms with Gasteiger partial charge in [0.15, 0.2) is 17.3 Å². The van der Waals surface area contributed by atoms with Gasteiger partial charge in [0.1, 0.15) is 0 Å². The highest BCUT2D eigenvalue weighted by Crippen LogP contribution is 2.40. The molecule has 0 aliphatic heterocycles. The molecule has 158 valence electrons. The Hall–Kier alpha value is -3.85. The number of hydrogen-bond acceptors (Lipinski definition) is 7. The van der Waals surface area contributed by atoms with Gasteiger partial charge in [0.25, 0.3) is 5.91 Å². The lowest BCUT2D eigenvalue weighted by molar-refractivity contribution is 0.101. The first kappa shape index (κ1) is 20.4. The summed E-state index contributed by atoms with van der Waals surface area (Å²) in [6, 6.07) is 16.7.